The van der Waals surface area contributed by atoms with Gasteiger partial charge in [-0.2, -0.15) is 0 Å². The summed E-state index contributed by atoms with van der Waals surface area (Å²) < 4.78 is 5.97. The molecule has 1 saturated heterocycles. The van der Waals surface area contributed by atoms with Crippen molar-refractivity contribution in [3.05, 3.63) is 48.5 Å². The van der Waals surface area contributed by atoms with E-state index < -0.39 is 0 Å². The number of carbonyl (C=O) groups excluding carboxylic acids is 2. The van der Waals surface area contributed by atoms with Crippen molar-refractivity contribution in [2.75, 3.05) is 42.2 Å². The number of rotatable bonds is 7. The van der Waals surface area contributed by atoms with Crippen molar-refractivity contribution in [1.29, 1.82) is 0 Å². The van der Waals surface area contributed by atoms with Crippen molar-refractivity contribution < 1.29 is 14.3 Å². The van der Waals surface area contributed by atoms with Gasteiger partial charge in [-0.25, -0.2) is 9.59 Å². The number of benzene rings is 2. The first-order valence-corrected chi connectivity index (χ1v) is 12.2. The minimum Gasteiger partial charge on any atom is -0.490 e. The Labute approximate surface area is 201 Å². The molecule has 2 aliphatic rings. The molecule has 4 amide bonds. The van der Waals surface area contributed by atoms with Gasteiger partial charge in [0.1, 0.15) is 5.75 Å². The minimum atomic E-state index is -0.290. The second-order valence-corrected chi connectivity index (χ2v) is 9.01. The normalized spacial score (nSPS) is 17.9. The lowest BCUT2D eigenvalue weighted by Crippen LogP contribution is -2.44. The predicted molar refractivity (Wildman–Crippen MR) is 136 cm³/mol. The van der Waals surface area contributed by atoms with E-state index >= 15 is 0 Å². The fourth-order valence-corrected chi connectivity index (χ4v) is 4.60. The zero-order valence-corrected chi connectivity index (χ0v) is 20.0. The molecule has 1 atom stereocenters. The zero-order chi connectivity index (χ0) is 23.9. The van der Waals surface area contributed by atoms with E-state index in [0.717, 1.165) is 49.5 Å². The van der Waals surface area contributed by atoms with Crippen LogP contribution in [0.4, 0.5) is 26.7 Å². The lowest BCUT2D eigenvalue weighted by molar-refractivity contribution is 0.195. The van der Waals surface area contributed by atoms with Gasteiger partial charge in [0, 0.05) is 43.7 Å². The van der Waals surface area contributed by atoms with Gasteiger partial charge in [-0.3, -0.25) is 0 Å². The van der Waals surface area contributed by atoms with Gasteiger partial charge >= 0.3 is 12.1 Å². The summed E-state index contributed by atoms with van der Waals surface area (Å²) in [4.78, 5) is 28.5. The van der Waals surface area contributed by atoms with Gasteiger partial charge in [-0.1, -0.05) is 0 Å². The zero-order valence-electron chi connectivity index (χ0n) is 20.0. The average Bonchev–Trinajstić information content (AvgIpc) is 3.53. The van der Waals surface area contributed by atoms with Crippen LogP contribution in [0.5, 0.6) is 5.75 Å². The molecule has 8 nitrogen and oxygen atoms in total. The van der Waals surface area contributed by atoms with E-state index in [0.29, 0.717) is 18.3 Å². The molecule has 4 rings (SSSR count). The molecule has 2 aromatic carbocycles. The van der Waals surface area contributed by atoms with E-state index in [-0.39, 0.29) is 18.1 Å². The third-order valence-corrected chi connectivity index (χ3v) is 6.57. The van der Waals surface area contributed by atoms with Gasteiger partial charge in [-0.15, -0.1) is 0 Å². The number of hydrogen-bond acceptors (Lipinski definition) is 4. The van der Waals surface area contributed by atoms with E-state index in [4.69, 9.17) is 4.74 Å². The van der Waals surface area contributed by atoms with Gasteiger partial charge < -0.3 is 30.5 Å². The first-order valence-electron chi connectivity index (χ1n) is 12.2. The highest BCUT2D eigenvalue weighted by Gasteiger charge is 2.28. The molecule has 3 N–H and O–H groups in total. The first-order chi connectivity index (χ1) is 16.5. The molecule has 8 heteroatoms. The van der Waals surface area contributed by atoms with Crippen LogP contribution in [0.2, 0.25) is 0 Å². The maximum absolute atomic E-state index is 12.4. The molecule has 1 aliphatic heterocycles. The Balaban J connectivity index is 1.25. The predicted octanol–water partition coefficient (Wildman–Crippen LogP) is 4.89. The summed E-state index contributed by atoms with van der Waals surface area (Å²) in [5, 5.41) is 8.59. The smallest absolute Gasteiger partial charge is 0.323 e. The van der Waals surface area contributed by atoms with E-state index in [2.05, 4.69) is 20.9 Å². The van der Waals surface area contributed by atoms with E-state index in [9.17, 15) is 9.59 Å². The third-order valence-electron chi connectivity index (χ3n) is 6.57. The fourth-order valence-electron chi connectivity index (χ4n) is 4.60. The standard InChI is InChI=1S/C26H35N5O3/c1-3-27-26(33)30(2)22-16-17-31(18-22)21-12-8-19(9-13-21)28-25(32)29-20-10-14-24(15-11-20)34-23-6-4-5-7-23/h8-15,22-23H,3-7,16-18H2,1-2H3,(H,27,33)(H2,28,29,32). The van der Waals surface area contributed by atoms with Gasteiger partial charge in [-0.05, 0) is 87.6 Å². The van der Waals surface area contributed by atoms with Crippen molar-refractivity contribution in [3.8, 4) is 5.75 Å². The Kier molecular flexibility index (Phi) is 7.77. The average molecular weight is 466 g/mol. The summed E-state index contributed by atoms with van der Waals surface area (Å²) in [5.74, 6) is 0.842. The van der Waals surface area contributed by atoms with Crippen molar-refractivity contribution in [2.24, 2.45) is 0 Å². The monoisotopic (exact) mass is 465 g/mol. The Hall–Kier alpha value is -3.42. The molecule has 1 unspecified atom stereocenters. The molecule has 0 bridgehead atoms. The van der Waals surface area contributed by atoms with E-state index in [1.807, 2.05) is 62.5 Å². The number of nitrogens with zero attached hydrogens (tertiary/aromatic N) is 2. The van der Waals surface area contributed by atoms with Gasteiger partial charge in [0.2, 0.25) is 0 Å². The number of urea groups is 2. The first kappa shape index (κ1) is 23.7. The molecule has 0 aromatic heterocycles. The second kappa shape index (κ2) is 11.1. The van der Waals surface area contributed by atoms with Crippen molar-refractivity contribution in [1.82, 2.24) is 10.2 Å². The van der Waals surface area contributed by atoms with Crippen LogP contribution in [0.15, 0.2) is 48.5 Å². The SMILES string of the molecule is CCNC(=O)N(C)C1CCN(c2ccc(NC(=O)Nc3ccc(OC4CCCC4)cc3)cc2)C1. The van der Waals surface area contributed by atoms with Crippen molar-refractivity contribution in [3.63, 3.8) is 0 Å². The number of likely N-dealkylation sites (N-methyl/N-ethyl adjacent to an activating group) is 1. The molecule has 2 fully saturated rings. The van der Waals surface area contributed by atoms with Crippen molar-refractivity contribution >= 4 is 29.1 Å². The Morgan fingerprint density at radius 2 is 1.59 bits per heavy atom. The van der Waals surface area contributed by atoms with Crippen LogP contribution < -0.4 is 25.6 Å². The molecule has 0 spiro atoms. The minimum absolute atomic E-state index is 0.0316. The summed E-state index contributed by atoms with van der Waals surface area (Å²) >= 11 is 0. The third kappa shape index (κ3) is 6.12. The highest BCUT2D eigenvalue weighted by molar-refractivity contribution is 5.99. The maximum atomic E-state index is 12.4. The number of hydrogen-bond donors (Lipinski definition) is 3. The van der Waals surface area contributed by atoms with Crippen LogP contribution in [-0.4, -0.2) is 55.8 Å². The van der Waals surface area contributed by atoms with Crippen LogP contribution in [0, 0.1) is 0 Å². The second-order valence-electron chi connectivity index (χ2n) is 9.01. The quantitative estimate of drug-likeness (QED) is 0.543. The Morgan fingerprint density at radius 3 is 2.21 bits per heavy atom. The van der Waals surface area contributed by atoms with Crippen LogP contribution in [0.1, 0.15) is 39.0 Å². The number of ether oxygens (including phenoxy) is 1. The summed E-state index contributed by atoms with van der Waals surface area (Å²) in [6.45, 7) is 4.23. The highest BCUT2D eigenvalue weighted by atomic mass is 16.5. The molecule has 1 heterocycles. The molecular formula is C26H35N5O3. The Morgan fingerprint density at radius 1 is 0.971 bits per heavy atom. The topological polar surface area (TPSA) is 85.9 Å². The maximum Gasteiger partial charge on any atom is 0.323 e. The summed E-state index contributed by atoms with van der Waals surface area (Å²) in [6, 6.07) is 15.2. The molecule has 1 saturated carbocycles. The summed E-state index contributed by atoms with van der Waals surface area (Å²) in [6.07, 6.45) is 5.95. The largest absolute Gasteiger partial charge is 0.490 e. The summed E-state index contributed by atoms with van der Waals surface area (Å²) in [7, 11) is 1.85. The molecule has 34 heavy (non-hydrogen) atoms. The lowest BCUT2D eigenvalue weighted by Gasteiger charge is -2.25. The molecule has 1 aliphatic carbocycles. The van der Waals surface area contributed by atoms with Crippen LogP contribution in [0.25, 0.3) is 0 Å². The lowest BCUT2D eigenvalue weighted by atomic mass is 10.2. The van der Waals surface area contributed by atoms with E-state index in [1.165, 1.54) is 12.8 Å². The Bertz CT molecular complexity index is 957. The van der Waals surface area contributed by atoms with Crippen molar-refractivity contribution in [2.45, 2.75) is 51.2 Å². The number of carbonyl (C=O) groups is 2. The number of anilines is 3. The van der Waals surface area contributed by atoms with Crippen LogP contribution >= 0.6 is 0 Å². The fraction of sp³-hybridized carbons (Fsp3) is 0.462. The molecule has 2 aromatic rings. The van der Waals surface area contributed by atoms with E-state index in [1.54, 1.807) is 4.90 Å². The van der Waals surface area contributed by atoms with Gasteiger partial charge in [0.25, 0.3) is 0 Å². The van der Waals surface area contributed by atoms with Gasteiger partial charge in [0.05, 0.1) is 12.1 Å². The highest BCUT2D eigenvalue weighted by Crippen LogP contribution is 2.26. The molecule has 0 radical (unpaired) electrons. The molecular weight excluding hydrogens is 430 g/mol. The number of nitrogens with one attached hydrogen (secondary N) is 3. The van der Waals surface area contributed by atoms with Gasteiger partial charge in [0.15, 0.2) is 0 Å². The number of amides is 4. The summed E-state index contributed by atoms with van der Waals surface area (Å²) in [5.41, 5.74) is 2.51. The molecule has 182 valence electrons. The van der Waals surface area contributed by atoms with Crippen LogP contribution in [-0.2, 0) is 0 Å². The van der Waals surface area contributed by atoms with Crippen LogP contribution in [0.3, 0.4) is 0 Å².